The molecule has 3 nitrogen and oxygen atoms in total. The molecular formula is C14H22F3NO2. The van der Waals surface area contributed by atoms with Crippen LogP contribution in [0.1, 0.15) is 44.9 Å². The summed E-state index contributed by atoms with van der Waals surface area (Å²) in [6.07, 6.45) is 1.13. The van der Waals surface area contributed by atoms with E-state index in [0.29, 0.717) is 26.1 Å². The molecule has 0 radical (unpaired) electrons. The van der Waals surface area contributed by atoms with Crippen LogP contribution in [0.25, 0.3) is 0 Å². The first-order chi connectivity index (χ1) is 9.47. The maximum Gasteiger partial charge on any atom is 0.406 e. The molecule has 0 aromatic heterocycles. The molecule has 20 heavy (non-hydrogen) atoms. The van der Waals surface area contributed by atoms with Crippen LogP contribution in [0.5, 0.6) is 0 Å². The summed E-state index contributed by atoms with van der Waals surface area (Å²) in [4.78, 5) is 13.5. The van der Waals surface area contributed by atoms with E-state index in [2.05, 4.69) is 0 Å². The summed E-state index contributed by atoms with van der Waals surface area (Å²) in [5.41, 5.74) is 0. The van der Waals surface area contributed by atoms with Crippen molar-refractivity contribution in [2.45, 2.75) is 57.2 Å². The second kappa shape index (κ2) is 6.78. The van der Waals surface area contributed by atoms with Crippen molar-refractivity contribution < 1.29 is 22.7 Å². The lowest BCUT2D eigenvalue weighted by atomic mass is 9.87. The van der Waals surface area contributed by atoms with Gasteiger partial charge in [-0.3, -0.25) is 4.79 Å². The summed E-state index contributed by atoms with van der Waals surface area (Å²) >= 11 is 0. The van der Waals surface area contributed by atoms with Crippen molar-refractivity contribution in [3.63, 3.8) is 0 Å². The van der Waals surface area contributed by atoms with E-state index >= 15 is 0 Å². The first-order valence-electron chi connectivity index (χ1n) is 7.42. The van der Waals surface area contributed by atoms with Crippen LogP contribution >= 0.6 is 0 Å². The molecule has 2 rings (SSSR count). The minimum Gasteiger partial charge on any atom is -0.381 e. The zero-order valence-corrected chi connectivity index (χ0v) is 11.6. The Labute approximate surface area is 117 Å². The van der Waals surface area contributed by atoms with E-state index in [4.69, 9.17) is 4.74 Å². The first-order valence-corrected chi connectivity index (χ1v) is 7.42. The predicted molar refractivity (Wildman–Crippen MR) is 68.2 cm³/mol. The summed E-state index contributed by atoms with van der Waals surface area (Å²) in [7, 11) is 0. The van der Waals surface area contributed by atoms with Crippen molar-refractivity contribution in [1.29, 1.82) is 0 Å². The number of halogens is 3. The highest BCUT2D eigenvalue weighted by Gasteiger charge is 2.39. The van der Waals surface area contributed by atoms with Crippen LogP contribution in [0.15, 0.2) is 0 Å². The summed E-state index contributed by atoms with van der Waals surface area (Å²) in [6.45, 7) is -0.235. The van der Waals surface area contributed by atoms with Gasteiger partial charge in [-0.2, -0.15) is 13.2 Å². The van der Waals surface area contributed by atoms with Gasteiger partial charge in [0.1, 0.15) is 6.54 Å². The fourth-order valence-electron chi connectivity index (χ4n) is 3.16. The van der Waals surface area contributed by atoms with E-state index in [1.165, 1.54) is 0 Å². The average molecular weight is 293 g/mol. The molecule has 1 saturated carbocycles. The molecule has 0 atom stereocenters. The number of ether oxygens (including phenoxy) is 1. The molecule has 0 aromatic rings. The normalized spacial score (nSPS) is 22.8. The molecule has 0 unspecified atom stereocenters. The third kappa shape index (κ3) is 4.36. The number of rotatable bonds is 3. The average Bonchev–Trinajstić information content (AvgIpc) is 2.45. The van der Waals surface area contributed by atoms with Gasteiger partial charge < -0.3 is 9.64 Å². The lowest BCUT2D eigenvalue weighted by Crippen LogP contribution is -2.50. The van der Waals surface area contributed by atoms with Gasteiger partial charge in [0, 0.05) is 25.2 Å². The third-order valence-electron chi connectivity index (χ3n) is 4.22. The topological polar surface area (TPSA) is 29.5 Å². The quantitative estimate of drug-likeness (QED) is 0.800. The van der Waals surface area contributed by atoms with E-state index in [9.17, 15) is 18.0 Å². The van der Waals surface area contributed by atoms with Gasteiger partial charge in [0.15, 0.2) is 0 Å². The molecule has 1 heterocycles. The Morgan fingerprint density at radius 2 is 1.65 bits per heavy atom. The van der Waals surface area contributed by atoms with Crippen molar-refractivity contribution in [2.75, 3.05) is 19.8 Å². The maximum atomic E-state index is 12.8. The highest BCUT2D eigenvalue weighted by molar-refractivity contribution is 5.79. The van der Waals surface area contributed by atoms with Crippen LogP contribution in [0, 0.1) is 5.92 Å². The van der Waals surface area contributed by atoms with Crippen LogP contribution < -0.4 is 0 Å². The fourth-order valence-corrected chi connectivity index (χ4v) is 3.16. The van der Waals surface area contributed by atoms with E-state index in [1.54, 1.807) is 0 Å². The first kappa shape index (κ1) is 15.6. The minimum absolute atomic E-state index is 0.214. The number of carbonyl (C=O) groups is 1. The van der Waals surface area contributed by atoms with Gasteiger partial charge in [-0.25, -0.2) is 0 Å². The maximum absolute atomic E-state index is 12.8. The largest absolute Gasteiger partial charge is 0.406 e. The Balaban J connectivity index is 2.05. The van der Waals surface area contributed by atoms with Crippen LogP contribution in [0.3, 0.4) is 0 Å². The van der Waals surface area contributed by atoms with Crippen molar-refractivity contribution in [2.24, 2.45) is 5.92 Å². The monoisotopic (exact) mass is 293 g/mol. The van der Waals surface area contributed by atoms with Crippen molar-refractivity contribution >= 4 is 5.91 Å². The van der Waals surface area contributed by atoms with Gasteiger partial charge in [0.2, 0.25) is 5.91 Å². The highest BCUT2D eigenvalue weighted by atomic mass is 19.4. The Hall–Kier alpha value is -0.780. The van der Waals surface area contributed by atoms with Crippen molar-refractivity contribution in [1.82, 2.24) is 4.90 Å². The van der Waals surface area contributed by atoms with Crippen molar-refractivity contribution in [3.8, 4) is 0 Å². The number of alkyl halides is 3. The number of amides is 1. The molecule has 2 fully saturated rings. The zero-order chi connectivity index (χ0) is 14.6. The van der Waals surface area contributed by atoms with E-state index in [0.717, 1.165) is 37.0 Å². The molecule has 1 aliphatic carbocycles. The summed E-state index contributed by atoms with van der Waals surface area (Å²) in [5.74, 6) is -0.511. The minimum atomic E-state index is -4.33. The van der Waals surface area contributed by atoms with Gasteiger partial charge >= 0.3 is 6.18 Å². The number of hydrogen-bond donors (Lipinski definition) is 0. The van der Waals surface area contributed by atoms with Crippen LogP contribution in [0.2, 0.25) is 0 Å². The summed E-state index contributed by atoms with van der Waals surface area (Å²) in [6, 6.07) is -0.320. The molecule has 1 amide bonds. The Bertz CT molecular complexity index is 321. The van der Waals surface area contributed by atoms with E-state index in [-0.39, 0.29) is 17.9 Å². The fraction of sp³-hybridized carbons (Fsp3) is 0.929. The lowest BCUT2D eigenvalue weighted by Gasteiger charge is -2.37. The molecule has 0 aromatic carbocycles. The second-order valence-corrected chi connectivity index (χ2v) is 5.76. The molecule has 1 aliphatic heterocycles. The molecule has 6 heteroatoms. The van der Waals surface area contributed by atoms with E-state index < -0.39 is 12.7 Å². The SMILES string of the molecule is O=C(C1CCCCC1)N(CC(F)(F)F)C1CCOCC1. The molecule has 0 N–H and O–H groups in total. The Kier molecular flexibility index (Phi) is 5.29. The Morgan fingerprint density at radius 3 is 2.20 bits per heavy atom. The molecule has 1 saturated heterocycles. The molecule has 116 valence electrons. The molecular weight excluding hydrogens is 271 g/mol. The number of hydrogen-bond acceptors (Lipinski definition) is 2. The summed E-state index contributed by atoms with van der Waals surface area (Å²) < 4.78 is 43.5. The van der Waals surface area contributed by atoms with Gasteiger partial charge in [0.05, 0.1) is 0 Å². The lowest BCUT2D eigenvalue weighted by molar-refractivity contribution is -0.172. The standard InChI is InChI=1S/C14H22F3NO2/c15-14(16,17)10-18(12-6-8-20-9-7-12)13(19)11-4-2-1-3-5-11/h11-12H,1-10H2. The molecule has 2 aliphatic rings. The number of carbonyl (C=O) groups excluding carboxylic acids is 1. The van der Waals surface area contributed by atoms with Crippen LogP contribution in [0.4, 0.5) is 13.2 Å². The molecule has 0 bridgehead atoms. The number of nitrogens with zero attached hydrogens (tertiary/aromatic N) is 1. The highest BCUT2D eigenvalue weighted by Crippen LogP contribution is 2.29. The second-order valence-electron chi connectivity index (χ2n) is 5.76. The van der Waals surface area contributed by atoms with Crippen molar-refractivity contribution in [3.05, 3.63) is 0 Å². The van der Waals surface area contributed by atoms with Gasteiger partial charge in [-0.15, -0.1) is 0 Å². The van der Waals surface area contributed by atoms with Gasteiger partial charge in [-0.1, -0.05) is 19.3 Å². The van der Waals surface area contributed by atoms with E-state index in [1.807, 2.05) is 0 Å². The predicted octanol–water partition coefficient (Wildman–Crippen LogP) is 3.14. The zero-order valence-electron chi connectivity index (χ0n) is 11.6. The Morgan fingerprint density at radius 1 is 1.05 bits per heavy atom. The summed E-state index contributed by atoms with van der Waals surface area (Å²) in [5, 5.41) is 0. The smallest absolute Gasteiger partial charge is 0.381 e. The van der Waals surface area contributed by atoms with Crippen LogP contribution in [-0.4, -0.2) is 42.8 Å². The van der Waals surface area contributed by atoms with Gasteiger partial charge in [0.25, 0.3) is 0 Å². The molecule has 0 spiro atoms. The third-order valence-corrected chi connectivity index (χ3v) is 4.22. The van der Waals surface area contributed by atoms with Gasteiger partial charge in [-0.05, 0) is 25.7 Å². The van der Waals surface area contributed by atoms with Crippen LogP contribution in [-0.2, 0) is 9.53 Å².